The Morgan fingerprint density at radius 3 is 2.57 bits per heavy atom. The van der Waals surface area contributed by atoms with Crippen molar-refractivity contribution in [2.45, 2.75) is 38.3 Å². The summed E-state index contributed by atoms with van der Waals surface area (Å²) in [5.41, 5.74) is 5.60. The number of carboxylic acids is 1. The van der Waals surface area contributed by atoms with E-state index in [-0.39, 0.29) is 24.4 Å². The molecule has 1 atom stereocenters. The molecular weight excluding hydrogens is 276 g/mol. The number of unbranched alkanes of at least 4 members (excludes halogenated alkanes) is 1. The number of carbonyl (C=O) groups excluding carboxylic acids is 2. The van der Waals surface area contributed by atoms with Crippen LogP contribution in [0.1, 0.15) is 26.2 Å². The highest BCUT2D eigenvalue weighted by Crippen LogP contribution is 2.06. The third kappa shape index (κ3) is 7.05. The summed E-state index contributed by atoms with van der Waals surface area (Å²) in [6, 6.07) is -0.643. The fourth-order valence-electron chi connectivity index (χ4n) is 2.11. The van der Waals surface area contributed by atoms with Crippen molar-refractivity contribution in [1.82, 2.24) is 15.5 Å². The fraction of sp³-hybridized carbons (Fsp3) is 0.769. The molecular formula is C13H24N4O4. The summed E-state index contributed by atoms with van der Waals surface area (Å²) in [7, 11) is 0. The summed E-state index contributed by atoms with van der Waals surface area (Å²) in [4.78, 5) is 34.7. The number of hydrogen-bond donors (Lipinski definition) is 4. The van der Waals surface area contributed by atoms with Crippen LogP contribution in [0.3, 0.4) is 0 Å². The van der Waals surface area contributed by atoms with Crippen molar-refractivity contribution in [2.24, 2.45) is 5.73 Å². The van der Waals surface area contributed by atoms with Crippen LogP contribution in [0.5, 0.6) is 0 Å². The lowest BCUT2D eigenvalue weighted by Gasteiger charge is -2.38. The van der Waals surface area contributed by atoms with E-state index in [4.69, 9.17) is 10.8 Å². The first kappa shape index (κ1) is 17.4. The Morgan fingerprint density at radius 2 is 2.00 bits per heavy atom. The number of rotatable bonds is 9. The van der Waals surface area contributed by atoms with Crippen LogP contribution in [0.2, 0.25) is 0 Å². The van der Waals surface area contributed by atoms with Crippen molar-refractivity contribution in [2.75, 3.05) is 26.2 Å². The average molecular weight is 300 g/mol. The minimum Gasteiger partial charge on any atom is -0.480 e. The molecule has 0 unspecified atom stereocenters. The molecule has 1 rings (SSSR count). The maximum absolute atomic E-state index is 11.5. The Bertz CT molecular complexity index is 382. The number of amides is 2. The highest BCUT2D eigenvalue weighted by atomic mass is 16.4. The number of carboxylic acid groups (broad SMARTS) is 1. The predicted octanol–water partition coefficient (Wildman–Crippen LogP) is -0.859. The second kappa shape index (κ2) is 8.58. The molecule has 0 radical (unpaired) electrons. The summed E-state index contributed by atoms with van der Waals surface area (Å²) in [6.07, 6.45) is 2.19. The zero-order chi connectivity index (χ0) is 15.8. The lowest BCUT2D eigenvalue weighted by Crippen LogP contribution is -2.61. The van der Waals surface area contributed by atoms with Crippen LogP contribution in [0.4, 0.5) is 4.79 Å². The molecule has 0 aliphatic carbocycles. The largest absolute Gasteiger partial charge is 0.480 e. The molecule has 0 aromatic carbocycles. The molecule has 1 aliphatic rings. The van der Waals surface area contributed by atoms with E-state index in [1.165, 1.54) is 6.92 Å². The SMILES string of the molecule is CC(=O)[C@H](N)CCCCNC(=O)NC1CN(CC(=O)O)C1. The van der Waals surface area contributed by atoms with E-state index in [9.17, 15) is 14.4 Å². The zero-order valence-corrected chi connectivity index (χ0v) is 12.3. The number of hydrogen-bond acceptors (Lipinski definition) is 5. The van der Waals surface area contributed by atoms with E-state index in [1.54, 1.807) is 4.90 Å². The van der Waals surface area contributed by atoms with Crippen LogP contribution in [0.15, 0.2) is 0 Å². The molecule has 0 spiro atoms. The van der Waals surface area contributed by atoms with Crippen molar-refractivity contribution in [3.05, 3.63) is 0 Å². The molecule has 1 aliphatic heterocycles. The van der Waals surface area contributed by atoms with Crippen LogP contribution < -0.4 is 16.4 Å². The topological polar surface area (TPSA) is 125 Å². The molecule has 0 saturated carbocycles. The van der Waals surface area contributed by atoms with Gasteiger partial charge in [-0.25, -0.2) is 4.79 Å². The van der Waals surface area contributed by atoms with Gasteiger partial charge in [0.2, 0.25) is 0 Å². The maximum atomic E-state index is 11.5. The van der Waals surface area contributed by atoms with Crippen LogP contribution in [-0.4, -0.2) is 66.1 Å². The molecule has 1 fully saturated rings. The van der Waals surface area contributed by atoms with Gasteiger partial charge < -0.3 is 21.5 Å². The Kier molecular flexibility index (Phi) is 7.10. The highest BCUT2D eigenvalue weighted by Gasteiger charge is 2.28. The second-order valence-electron chi connectivity index (χ2n) is 5.40. The molecule has 2 amide bonds. The van der Waals surface area contributed by atoms with E-state index >= 15 is 0 Å². The van der Waals surface area contributed by atoms with Gasteiger partial charge in [0, 0.05) is 19.6 Å². The minimum absolute atomic E-state index is 0.00971. The van der Waals surface area contributed by atoms with Crippen molar-refractivity contribution < 1.29 is 19.5 Å². The Balaban J connectivity index is 1.98. The van der Waals surface area contributed by atoms with E-state index in [0.29, 0.717) is 26.1 Å². The van der Waals surface area contributed by atoms with Gasteiger partial charge in [0.05, 0.1) is 18.6 Å². The average Bonchev–Trinajstić information content (AvgIpc) is 2.34. The summed E-state index contributed by atoms with van der Waals surface area (Å²) in [6.45, 7) is 3.14. The molecule has 21 heavy (non-hydrogen) atoms. The second-order valence-corrected chi connectivity index (χ2v) is 5.40. The number of nitrogens with two attached hydrogens (primary N) is 1. The summed E-state index contributed by atoms with van der Waals surface area (Å²) in [5.74, 6) is -0.877. The van der Waals surface area contributed by atoms with Crippen LogP contribution in [0, 0.1) is 0 Å². The molecule has 0 aromatic rings. The quantitative estimate of drug-likeness (QED) is 0.411. The maximum Gasteiger partial charge on any atom is 0.317 e. The first-order valence-electron chi connectivity index (χ1n) is 7.13. The number of aliphatic carboxylic acids is 1. The predicted molar refractivity (Wildman–Crippen MR) is 76.9 cm³/mol. The fourth-order valence-corrected chi connectivity index (χ4v) is 2.11. The minimum atomic E-state index is -0.860. The van der Waals surface area contributed by atoms with E-state index < -0.39 is 12.0 Å². The third-order valence-corrected chi connectivity index (χ3v) is 3.40. The number of nitrogens with one attached hydrogen (secondary N) is 2. The van der Waals surface area contributed by atoms with Gasteiger partial charge in [-0.1, -0.05) is 0 Å². The summed E-state index contributed by atoms with van der Waals surface area (Å²) >= 11 is 0. The van der Waals surface area contributed by atoms with Gasteiger partial charge in [0.15, 0.2) is 0 Å². The number of likely N-dealkylation sites (tertiary alicyclic amines) is 1. The van der Waals surface area contributed by atoms with Crippen molar-refractivity contribution >= 4 is 17.8 Å². The molecule has 8 heteroatoms. The first-order chi connectivity index (χ1) is 9.88. The number of urea groups is 1. The van der Waals surface area contributed by atoms with Crippen molar-refractivity contribution in [3.63, 3.8) is 0 Å². The lowest BCUT2D eigenvalue weighted by atomic mass is 10.1. The van der Waals surface area contributed by atoms with Crippen molar-refractivity contribution in [3.8, 4) is 0 Å². The normalized spacial score (nSPS) is 16.9. The van der Waals surface area contributed by atoms with Crippen LogP contribution in [-0.2, 0) is 9.59 Å². The van der Waals surface area contributed by atoms with Gasteiger partial charge in [0.25, 0.3) is 0 Å². The Hall–Kier alpha value is -1.67. The molecule has 8 nitrogen and oxygen atoms in total. The number of nitrogens with zero attached hydrogens (tertiary/aromatic N) is 1. The van der Waals surface area contributed by atoms with Gasteiger partial charge in [-0.2, -0.15) is 0 Å². The monoisotopic (exact) mass is 300 g/mol. The van der Waals surface area contributed by atoms with Crippen molar-refractivity contribution in [1.29, 1.82) is 0 Å². The molecule has 1 saturated heterocycles. The van der Waals surface area contributed by atoms with E-state index in [2.05, 4.69) is 10.6 Å². The third-order valence-electron chi connectivity index (χ3n) is 3.40. The number of carbonyl (C=O) groups is 3. The summed E-state index contributed by atoms with van der Waals surface area (Å²) in [5, 5.41) is 14.1. The van der Waals surface area contributed by atoms with Crippen LogP contribution in [0.25, 0.3) is 0 Å². The summed E-state index contributed by atoms with van der Waals surface area (Å²) < 4.78 is 0. The molecule has 1 heterocycles. The number of ketones is 1. The van der Waals surface area contributed by atoms with Gasteiger partial charge in [-0.05, 0) is 26.2 Å². The molecule has 0 bridgehead atoms. The lowest BCUT2D eigenvalue weighted by molar-refractivity contribution is -0.139. The standard InChI is InChI=1S/C13H24N4O4/c1-9(18)11(14)4-2-3-5-15-13(21)16-10-6-17(7-10)8-12(19)20/h10-11H,2-8,14H2,1H3,(H,19,20)(H2,15,16,21)/t11-/m1/s1. The van der Waals surface area contributed by atoms with E-state index in [1.807, 2.05) is 0 Å². The van der Waals surface area contributed by atoms with Gasteiger partial charge in [-0.3, -0.25) is 14.5 Å². The zero-order valence-electron chi connectivity index (χ0n) is 12.3. The molecule has 5 N–H and O–H groups in total. The Labute approximate surface area is 124 Å². The van der Waals surface area contributed by atoms with E-state index in [0.717, 1.165) is 12.8 Å². The smallest absolute Gasteiger partial charge is 0.317 e. The highest BCUT2D eigenvalue weighted by molar-refractivity contribution is 5.81. The van der Waals surface area contributed by atoms with Gasteiger partial charge in [0.1, 0.15) is 5.78 Å². The Morgan fingerprint density at radius 1 is 1.33 bits per heavy atom. The van der Waals surface area contributed by atoms with Crippen LogP contribution >= 0.6 is 0 Å². The molecule has 120 valence electrons. The number of Topliss-reactive ketones (excluding diaryl/α,β-unsaturated/α-hetero) is 1. The molecule has 0 aromatic heterocycles. The van der Waals surface area contributed by atoms with Gasteiger partial charge in [-0.15, -0.1) is 0 Å². The first-order valence-corrected chi connectivity index (χ1v) is 7.13. The van der Waals surface area contributed by atoms with Gasteiger partial charge >= 0.3 is 12.0 Å².